The molecule has 0 unspecified atom stereocenters. The van der Waals surface area contributed by atoms with Gasteiger partial charge in [-0.1, -0.05) is 50.3 Å². The molecule has 1 aromatic rings. The third-order valence-electron chi connectivity index (χ3n) is 4.09. The van der Waals surface area contributed by atoms with E-state index in [1.165, 1.54) is 0 Å². The summed E-state index contributed by atoms with van der Waals surface area (Å²) in [4.78, 5) is 24.6. The van der Waals surface area contributed by atoms with Crippen molar-refractivity contribution in [3.8, 4) is 5.75 Å². The molecule has 1 aromatic carbocycles. The fourth-order valence-corrected chi connectivity index (χ4v) is 2.73. The van der Waals surface area contributed by atoms with Crippen molar-refractivity contribution in [1.82, 2.24) is 10.6 Å². The van der Waals surface area contributed by atoms with E-state index in [1.54, 1.807) is 12.2 Å². The van der Waals surface area contributed by atoms with E-state index in [-0.39, 0.29) is 6.61 Å². The van der Waals surface area contributed by atoms with Crippen LogP contribution < -0.4 is 15.4 Å². The summed E-state index contributed by atoms with van der Waals surface area (Å²) in [7, 11) is 0. The van der Waals surface area contributed by atoms with Gasteiger partial charge in [0.15, 0.2) is 0 Å². The molecular weight excluding hydrogens is 332 g/mol. The molecule has 140 valence electrons. The minimum Gasteiger partial charge on any atom is -0.493 e. The number of hydrogen-bond acceptors (Lipinski definition) is 4. The molecule has 2 rings (SSSR count). The zero-order chi connectivity index (χ0) is 18.9. The van der Waals surface area contributed by atoms with Crippen LogP contribution in [0.5, 0.6) is 5.75 Å². The van der Waals surface area contributed by atoms with Crippen molar-refractivity contribution in [1.29, 1.82) is 0 Å². The van der Waals surface area contributed by atoms with Gasteiger partial charge in [0, 0.05) is 11.3 Å². The predicted octanol–water partition coefficient (Wildman–Crippen LogP) is 3.47. The van der Waals surface area contributed by atoms with Crippen LogP contribution in [0, 0.1) is 5.92 Å². The second-order valence-electron chi connectivity index (χ2n) is 6.02. The molecular formula is C20H26N2O4. The quantitative estimate of drug-likeness (QED) is 0.424. The van der Waals surface area contributed by atoms with Crippen LogP contribution in [0.25, 0.3) is 0 Å². The first kappa shape index (κ1) is 19.6. The zero-order valence-electron chi connectivity index (χ0n) is 15.3. The van der Waals surface area contributed by atoms with Gasteiger partial charge in [0.2, 0.25) is 0 Å². The highest BCUT2D eigenvalue weighted by atomic mass is 16.5. The van der Waals surface area contributed by atoms with Crippen LogP contribution in [0.4, 0.5) is 4.79 Å². The third-order valence-corrected chi connectivity index (χ3v) is 4.09. The van der Waals surface area contributed by atoms with Gasteiger partial charge in [0.05, 0.1) is 12.6 Å². The van der Waals surface area contributed by atoms with Crippen LogP contribution in [0.3, 0.4) is 0 Å². The average Bonchev–Trinajstić information content (AvgIpc) is 2.62. The molecule has 6 heteroatoms. The summed E-state index contributed by atoms with van der Waals surface area (Å²) < 4.78 is 11.2. The van der Waals surface area contributed by atoms with Crippen LogP contribution in [0.15, 0.2) is 48.7 Å². The number of urea groups is 1. The van der Waals surface area contributed by atoms with E-state index >= 15 is 0 Å². The van der Waals surface area contributed by atoms with E-state index in [0.717, 1.165) is 18.4 Å². The van der Waals surface area contributed by atoms with Crippen molar-refractivity contribution in [3.63, 3.8) is 0 Å². The third kappa shape index (κ3) is 4.88. The Labute approximate surface area is 154 Å². The first-order valence-corrected chi connectivity index (χ1v) is 8.84. The number of hydrogen-bond donors (Lipinski definition) is 2. The van der Waals surface area contributed by atoms with E-state index in [4.69, 9.17) is 9.47 Å². The molecule has 6 nitrogen and oxygen atoms in total. The summed E-state index contributed by atoms with van der Waals surface area (Å²) in [6, 6.07) is 6.39. The standard InChI is InChI=1S/C20H26N2O4/c1-4-6-12-25-16-11-9-8-10-15(16)18-17(14(3)21-20(24)22-18)19(23)26-13-7-5-2/h5,7-11,17-18H,3-4,6,12-13H2,1-2H3,(H2,21,22,24)/b7-5+/t17-,18+/m0/s1. The fraction of sp³-hybridized carbons (Fsp3) is 0.400. The van der Waals surface area contributed by atoms with Crippen LogP contribution >= 0.6 is 0 Å². The molecule has 2 N–H and O–H groups in total. The normalized spacial score (nSPS) is 19.8. The van der Waals surface area contributed by atoms with Gasteiger partial charge in [-0.25, -0.2) is 4.79 Å². The van der Waals surface area contributed by atoms with Crippen molar-refractivity contribution in [2.24, 2.45) is 5.92 Å². The van der Waals surface area contributed by atoms with Gasteiger partial charge < -0.3 is 20.1 Å². The van der Waals surface area contributed by atoms with E-state index in [1.807, 2.05) is 31.2 Å². The topological polar surface area (TPSA) is 76.7 Å². The van der Waals surface area contributed by atoms with Gasteiger partial charge in [-0.15, -0.1) is 0 Å². The Hall–Kier alpha value is -2.76. The highest BCUT2D eigenvalue weighted by molar-refractivity contribution is 5.85. The van der Waals surface area contributed by atoms with Gasteiger partial charge in [0.25, 0.3) is 0 Å². The molecule has 2 amide bonds. The lowest BCUT2D eigenvalue weighted by Gasteiger charge is -2.33. The fourth-order valence-electron chi connectivity index (χ4n) is 2.73. The van der Waals surface area contributed by atoms with Crippen molar-refractivity contribution < 1.29 is 19.1 Å². The van der Waals surface area contributed by atoms with Crippen molar-refractivity contribution in [3.05, 3.63) is 54.3 Å². The maximum Gasteiger partial charge on any atom is 0.319 e. The molecule has 1 aliphatic rings. The zero-order valence-corrected chi connectivity index (χ0v) is 15.3. The molecule has 26 heavy (non-hydrogen) atoms. The Morgan fingerprint density at radius 3 is 2.85 bits per heavy atom. The summed E-state index contributed by atoms with van der Waals surface area (Å²) in [6.45, 7) is 8.53. The maximum absolute atomic E-state index is 12.6. The molecule has 0 bridgehead atoms. The van der Waals surface area contributed by atoms with Gasteiger partial charge in [-0.05, 0) is 19.4 Å². The molecule has 0 saturated carbocycles. The first-order chi connectivity index (χ1) is 12.6. The minimum absolute atomic E-state index is 0.175. The van der Waals surface area contributed by atoms with Crippen molar-refractivity contribution in [2.75, 3.05) is 13.2 Å². The molecule has 0 spiro atoms. The second-order valence-corrected chi connectivity index (χ2v) is 6.02. The Bertz CT molecular complexity index is 684. The number of ether oxygens (including phenoxy) is 2. The largest absolute Gasteiger partial charge is 0.493 e. The lowest BCUT2D eigenvalue weighted by atomic mass is 9.88. The molecule has 0 aromatic heterocycles. The van der Waals surface area contributed by atoms with Gasteiger partial charge in [0.1, 0.15) is 18.3 Å². The van der Waals surface area contributed by atoms with E-state index in [2.05, 4.69) is 24.1 Å². The summed E-state index contributed by atoms with van der Waals surface area (Å²) in [5.74, 6) is -0.546. The molecule has 1 fully saturated rings. The van der Waals surface area contributed by atoms with Gasteiger partial charge >= 0.3 is 12.0 Å². The summed E-state index contributed by atoms with van der Waals surface area (Å²) in [5.41, 5.74) is 1.04. The summed E-state index contributed by atoms with van der Waals surface area (Å²) in [5, 5.41) is 5.37. The molecule has 0 aliphatic carbocycles. The minimum atomic E-state index is -0.742. The number of carbonyl (C=O) groups is 2. The second kappa shape index (κ2) is 9.65. The van der Waals surface area contributed by atoms with Crippen LogP contribution in [-0.4, -0.2) is 25.2 Å². The van der Waals surface area contributed by atoms with Gasteiger partial charge in [-0.3, -0.25) is 4.79 Å². The number of allylic oxidation sites excluding steroid dienone is 1. The first-order valence-electron chi connectivity index (χ1n) is 8.84. The number of benzene rings is 1. The Morgan fingerprint density at radius 2 is 2.12 bits per heavy atom. The van der Waals surface area contributed by atoms with E-state index < -0.39 is 24.0 Å². The number of amides is 2. The van der Waals surface area contributed by atoms with Crippen LogP contribution in [-0.2, 0) is 9.53 Å². The highest BCUT2D eigenvalue weighted by Crippen LogP contribution is 2.35. The van der Waals surface area contributed by atoms with E-state index in [9.17, 15) is 9.59 Å². The lowest BCUT2D eigenvalue weighted by Crippen LogP contribution is -2.51. The van der Waals surface area contributed by atoms with Crippen LogP contribution in [0.1, 0.15) is 38.3 Å². The smallest absolute Gasteiger partial charge is 0.319 e. The predicted molar refractivity (Wildman–Crippen MR) is 99.7 cm³/mol. The van der Waals surface area contributed by atoms with Crippen molar-refractivity contribution in [2.45, 2.75) is 32.7 Å². The molecule has 2 atom stereocenters. The highest BCUT2D eigenvalue weighted by Gasteiger charge is 2.40. The SMILES string of the molecule is C=C1NC(=O)N[C@H](c2ccccc2OCCCC)[C@H]1C(=O)OC/C=C/C. The number of unbranched alkanes of at least 4 members (excludes halogenated alkanes) is 1. The molecule has 0 radical (unpaired) electrons. The number of esters is 1. The molecule has 1 heterocycles. The maximum atomic E-state index is 12.6. The lowest BCUT2D eigenvalue weighted by molar-refractivity contribution is -0.147. The Balaban J connectivity index is 2.28. The molecule has 1 aliphatic heterocycles. The summed E-state index contributed by atoms with van der Waals surface area (Å²) >= 11 is 0. The number of carbonyl (C=O) groups excluding carboxylic acids is 2. The number of rotatable bonds is 8. The molecule has 1 saturated heterocycles. The van der Waals surface area contributed by atoms with Crippen molar-refractivity contribution >= 4 is 12.0 Å². The Morgan fingerprint density at radius 1 is 1.35 bits per heavy atom. The average molecular weight is 358 g/mol. The van der Waals surface area contributed by atoms with E-state index in [0.29, 0.717) is 18.1 Å². The summed E-state index contributed by atoms with van der Waals surface area (Å²) in [6.07, 6.45) is 5.49. The van der Waals surface area contributed by atoms with Crippen LogP contribution in [0.2, 0.25) is 0 Å². The van der Waals surface area contributed by atoms with Gasteiger partial charge in [-0.2, -0.15) is 0 Å². The number of nitrogens with one attached hydrogen (secondary N) is 2. The Kier molecular flexibility index (Phi) is 7.26. The monoisotopic (exact) mass is 358 g/mol. The number of para-hydroxylation sites is 1.